The maximum Gasteiger partial charge on any atom is 0.119 e. The van der Waals surface area contributed by atoms with Crippen molar-refractivity contribution in [1.82, 2.24) is 4.90 Å². The van der Waals surface area contributed by atoms with Gasteiger partial charge in [-0.15, -0.1) is 0 Å². The second-order valence-electron chi connectivity index (χ2n) is 7.03. The van der Waals surface area contributed by atoms with E-state index in [9.17, 15) is 5.11 Å². The van der Waals surface area contributed by atoms with Gasteiger partial charge in [-0.1, -0.05) is 49.4 Å². The molecular formula is C22H29NO2. The molecule has 1 aliphatic heterocycles. The van der Waals surface area contributed by atoms with Crippen molar-refractivity contribution in [3.63, 3.8) is 0 Å². The van der Waals surface area contributed by atoms with Crippen LogP contribution in [0.5, 0.6) is 5.75 Å². The second kappa shape index (κ2) is 9.02. The molecule has 0 spiro atoms. The number of nitrogens with zero attached hydrogens (tertiary/aromatic N) is 1. The van der Waals surface area contributed by atoms with E-state index in [-0.39, 0.29) is 6.10 Å². The van der Waals surface area contributed by atoms with Gasteiger partial charge in [0.1, 0.15) is 5.75 Å². The number of hydrogen-bond donors (Lipinski definition) is 1. The first kappa shape index (κ1) is 18.0. The largest absolute Gasteiger partial charge is 0.494 e. The first-order valence-corrected chi connectivity index (χ1v) is 9.40. The van der Waals surface area contributed by atoms with Crippen molar-refractivity contribution in [1.29, 1.82) is 0 Å². The molecule has 1 heterocycles. The number of aliphatic hydroxyl groups excluding tert-OH is 1. The summed E-state index contributed by atoms with van der Waals surface area (Å²) in [6.45, 7) is 5.75. The maximum atomic E-state index is 10.4. The molecule has 2 unspecified atom stereocenters. The van der Waals surface area contributed by atoms with Gasteiger partial charge in [0.15, 0.2) is 0 Å². The van der Waals surface area contributed by atoms with Gasteiger partial charge in [0.25, 0.3) is 0 Å². The van der Waals surface area contributed by atoms with Crippen molar-refractivity contribution in [2.24, 2.45) is 5.92 Å². The van der Waals surface area contributed by atoms with Crippen molar-refractivity contribution < 1.29 is 9.84 Å². The Hall–Kier alpha value is -1.84. The summed E-state index contributed by atoms with van der Waals surface area (Å²) in [6.07, 6.45) is 2.59. The van der Waals surface area contributed by atoms with Crippen LogP contribution in [-0.4, -0.2) is 35.8 Å². The van der Waals surface area contributed by atoms with E-state index in [0.29, 0.717) is 5.92 Å². The maximum absolute atomic E-state index is 10.4. The van der Waals surface area contributed by atoms with Crippen LogP contribution in [0, 0.1) is 5.92 Å². The smallest absolute Gasteiger partial charge is 0.119 e. The fourth-order valence-electron chi connectivity index (χ4n) is 3.53. The third kappa shape index (κ3) is 5.32. The van der Waals surface area contributed by atoms with E-state index in [2.05, 4.69) is 54.3 Å². The van der Waals surface area contributed by atoms with Crippen molar-refractivity contribution in [3.05, 3.63) is 65.7 Å². The van der Waals surface area contributed by atoms with Crippen molar-refractivity contribution in [2.75, 3.05) is 19.7 Å². The van der Waals surface area contributed by atoms with Gasteiger partial charge in [-0.05, 0) is 42.5 Å². The van der Waals surface area contributed by atoms with Crippen LogP contribution < -0.4 is 4.74 Å². The van der Waals surface area contributed by atoms with Gasteiger partial charge in [-0.2, -0.15) is 0 Å². The summed E-state index contributed by atoms with van der Waals surface area (Å²) >= 11 is 0. The minimum absolute atomic E-state index is 0.206. The lowest BCUT2D eigenvalue weighted by atomic mass is 9.88. The van der Waals surface area contributed by atoms with E-state index in [0.717, 1.165) is 51.3 Å². The molecule has 1 aliphatic rings. The molecule has 1 N–H and O–H groups in total. The minimum atomic E-state index is -0.206. The molecule has 3 heteroatoms. The Morgan fingerprint density at radius 2 is 1.80 bits per heavy atom. The molecule has 0 bridgehead atoms. The molecule has 0 amide bonds. The van der Waals surface area contributed by atoms with Gasteiger partial charge in [-0.25, -0.2) is 0 Å². The zero-order chi connectivity index (χ0) is 17.5. The third-order valence-corrected chi connectivity index (χ3v) is 4.92. The summed E-state index contributed by atoms with van der Waals surface area (Å²) in [5, 5.41) is 10.4. The van der Waals surface area contributed by atoms with Crippen LogP contribution in [0.4, 0.5) is 0 Å². The summed E-state index contributed by atoms with van der Waals surface area (Å²) in [7, 11) is 0. The fourth-order valence-corrected chi connectivity index (χ4v) is 3.53. The first-order chi connectivity index (χ1) is 12.2. The van der Waals surface area contributed by atoms with Crippen molar-refractivity contribution in [3.8, 4) is 5.75 Å². The van der Waals surface area contributed by atoms with Crippen molar-refractivity contribution >= 4 is 0 Å². The van der Waals surface area contributed by atoms with E-state index in [1.165, 1.54) is 11.1 Å². The Morgan fingerprint density at radius 3 is 2.52 bits per heavy atom. The zero-order valence-corrected chi connectivity index (χ0v) is 15.1. The van der Waals surface area contributed by atoms with Crippen LogP contribution in [0.1, 0.15) is 30.9 Å². The predicted octanol–water partition coefficient (Wildman–Crippen LogP) is 3.90. The molecule has 0 aromatic heterocycles. The SMILES string of the molecule is CCCOc1ccc(CC2CN(Cc3ccccc3)CCC2O)cc1. The minimum Gasteiger partial charge on any atom is -0.494 e. The molecule has 25 heavy (non-hydrogen) atoms. The van der Waals surface area contributed by atoms with Gasteiger partial charge in [0.05, 0.1) is 12.7 Å². The lowest BCUT2D eigenvalue weighted by molar-refractivity contribution is 0.0239. The molecule has 3 rings (SSSR count). The zero-order valence-electron chi connectivity index (χ0n) is 15.1. The third-order valence-electron chi connectivity index (χ3n) is 4.92. The number of hydrogen-bond acceptors (Lipinski definition) is 3. The molecule has 0 radical (unpaired) electrons. The van der Waals surface area contributed by atoms with E-state index in [1.807, 2.05) is 12.1 Å². The number of ether oxygens (including phenoxy) is 1. The van der Waals surface area contributed by atoms with Gasteiger partial charge < -0.3 is 9.84 Å². The van der Waals surface area contributed by atoms with Gasteiger partial charge in [0.2, 0.25) is 0 Å². The summed E-state index contributed by atoms with van der Waals surface area (Å²) in [6, 6.07) is 18.9. The van der Waals surface area contributed by atoms with E-state index in [1.54, 1.807) is 0 Å². The number of piperidine rings is 1. The predicted molar refractivity (Wildman–Crippen MR) is 102 cm³/mol. The van der Waals surface area contributed by atoms with Crippen LogP contribution >= 0.6 is 0 Å². The molecule has 2 aromatic carbocycles. The normalized spacial score (nSPS) is 21.2. The average molecular weight is 339 g/mol. The van der Waals surface area contributed by atoms with E-state index < -0.39 is 0 Å². The highest BCUT2D eigenvalue weighted by atomic mass is 16.5. The van der Waals surface area contributed by atoms with Crippen LogP contribution in [0.15, 0.2) is 54.6 Å². The lowest BCUT2D eigenvalue weighted by Gasteiger charge is -2.36. The second-order valence-corrected chi connectivity index (χ2v) is 7.03. The summed E-state index contributed by atoms with van der Waals surface area (Å²) < 4.78 is 5.65. The Kier molecular flexibility index (Phi) is 6.48. The first-order valence-electron chi connectivity index (χ1n) is 9.40. The van der Waals surface area contributed by atoms with E-state index >= 15 is 0 Å². The molecule has 0 saturated carbocycles. The summed E-state index contributed by atoms with van der Waals surface area (Å²) in [4.78, 5) is 2.46. The van der Waals surface area contributed by atoms with Crippen LogP contribution in [0.25, 0.3) is 0 Å². The van der Waals surface area contributed by atoms with Gasteiger partial charge >= 0.3 is 0 Å². The van der Waals surface area contributed by atoms with Crippen molar-refractivity contribution in [2.45, 2.75) is 38.8 Å². The molecule has 134 valence electrons. The van der Waals surface area contributed by atoms with Crippen LogP contribution in [0.3, 0.4) is 0 Å². The molecule has 1 fully saturated rings. The monoisotopic (exact) mass is 339 g/mol. The Morgan fingerprint density at radius 1 is 1.04 bits per heavy atom. The summed E-state index contributed by atoms with van der Waals surface area (Å²) in [5.41, 5.74) is 2.62. The standard InChI is InChI=1S/C22H29NO2/c1-2-14-25-21-10-8-18(9-11-21)15-20-17-23(13-12-22(20)24)16-19-6-4-3-5-7-19/h3-11,20,22,24H,2,12-17H2,1H3. The van der Waals surface area contributed by atoms with E-state index in [4.69, 9.17) is 4.74 Å². The number of benzene rings is 2. The molecule has 3 nitrogen and oxygen atoms in total. The van der Waals surface area contributed by atoms with Gasteiger partial charge in [0, 0.05) is 25.6 Å². The molecule has 0 aliphatic carbocycles. The number of aliphatic hydroxyl groups is 1. The summed E-state index contributed by atoms with van der Waals surface area (Å²) in [5.74, 6) is 1.22. The average Bonchev–Trinajstić information content (AvgIpc) is 2.65. The number of rotatable bonds is 7. The molecule has 2 aromatic rings. The molecule has 1 saturated heterocycles. The Balaban J connectivity index is 1.56. The fraction of sp³-hybridized carbons (Fsp3) is 0.455. The highest BCUT2D eigenvalue weighted by Gasteiger charge is 2.27. The topological polar surface area (TPSA) is 32.7 Å². The highest BCUT2D eigenvalue weighted by Crippen LogP contribution is 2.24. The van der Waals surface area contributed by atoms with Crippen LogP contribution in [0.2, 0.25) is 0 Å². The Bertz CT molecular complexity index is 626. The Labute approximate surface area is 151 Å². The molecule has 2 atom stereocenters. The lowest BCUT2D eigenvalue weighted by Crippen LogP contribution is -2.43. The van der Waals surface area contributed by atoms with Gasteiger partial charge in [-0.3, -0.25) is 4.90 Å². The highest BCUT2D eigenvalue weighted by molar-refractivity contribution is 5.27. The quantitative estimate of drug-likeness (QED) is 0.830. The number of likely N-dealkylation sites (tertiary alicyclic amines) is 1. The van der Waals surface area contributed by atoms with Crippen LogP contribution in [-0.2, 0) is 13.0 Å². The molecular weight excluding hydrogens is 310 g/mol.